The van der Waals surface area contributed by atoms with E-state index in [4.69, 9.17) is 5.84 Å². The van der Waals surface area contributed by atoms with E-state index >= 15 is 0 Å². The van der Waals surface area contributed by atoms with Gasteiger partial charge in [0.25, 0.3) is 0 Å². The molecule has 2 heterocycles. The minimum atomic E-state index is 0.699. The molecule has 0 fully saturated rings. The molecule has 7 nitrogen and oxygen atoms in total. The summed E-state index contributed by atoms with van der Waals surface area (Å²) in [6, 6.07) is 0. The molecule has 1 aliphatic heterocycles. The second-order valence-corrected chi connectivity index (χ2v) is 2.19. The fourth-order valence-corrected chi connectivity index (χ4v) is 0.950. The minimum absolute atomic E-state index is 0.699. The average Bonchev–Trinajstić information content (AvgIpc) is 2.50. The summed E-state index contributed by atoms with van der Waals surface area (Å²) in [4.78, 5) is 1.47. The predicted octanol–water partition coefficient (Wildman–Crippen LogP) is -1.56. The molecule has 58 valence electrons. The summed E-state index contributed by atoms with van der Waals surface area (Å²) < 4.78 is 0. The van der Waals surface area contributed by atoms with Crippen LogP contribution in [-0.2, 0) is 6.42 Å². The van der Waals surface area contributed by atoms with E-state index in [1.165, 1.54) is 4.79 Å². The molecule has 0 saturated heterocycles. The van der Waals surface area contributed by atoms with Gasteiger partial charge >= 0.3 is 0 Å². The van der Waals surface area contributed by atoms with Gasteiger partial charge in [0, 0.05) is 12.8 Å². The molecule has 1 aromatic rings. The van der Waals surface area contributed by atoms with Crippen LogP contribution in [0.2, 0.25) is 0 Å². The molecule has 3 N–H and O–H groups in total. The van der Waals surface area contributed by atoms with Crippen molar-refractivity contribution < 1.29 is 0 Å². The largest absolute Gasteiger partial charge is 0.322 e. The van der Waals surface area contributed by atoms with Gasteiger partial charge in [0.2, 0.25) is 0 Å². The highest BCUT2D eigenvalue weighted by Gasteiger charge is 2.14. The van der Waals surface area contributed by atoms with Gasteiger partial charge in [0.1, 0.15) is 5.84 Å². The Kier molecular flexibility index (Phi) is 1.21. The van der Waals surface area contributed by atoms with Crippen molar-refractivity contribution in [3.63, 3.8) is 0 Å². The van der Waals surface area contributed by atoms with Crippen molar-refractivity contribution in [2.45, 2.75) is 12.8 Å². The van der Waals surface area contributed by atoms with E-state index in [-0.39, 0.29) is 0 Å². The lowest BCUT2D eigenvalue weighted by Gasteiger charge is -2.13. The molecule has 1 aliphatic rings. The molecule has 0 radical (unpaired) electrons. The molecule has 2 rings (SSSR count). The Morgan fingerprint density at radius 3 is 3.27 bits per heavy atom. The Labute approximate surface area is 62.2 Å². The number of hydrogen-bond donors (Lipinski definition) is 2. The summed E-state index contributed by atoms with van der Waals surface area (Å²) >= 11 is 0. The zero-order chi connectivity index (χ0) is 7.68. The smallest absolute Gasteiger partial charge is 0.175 e. The standard InChI is InChI=1S/C4H7N7/c5-6-3-1-2-4-7-9-10-11(4)8-3/h1-2,5H2,(H,6,8). The van der Waals surface area contributed by atoms with Crippen LogP contribution in [0.1, 0.15) is 12.2 Å². The van der Waals surface area contributed by atoms with Crippen LogP contribution in [0, 0.1) is 0 Å². The minimum Gasteiger partial charge on any atom is -0.322 e. The normalized spacial score (nSPS) is 19.5. The number of rotatable bonds is 0. The maximum Gasteiger partial charge on any atom is 0.175 e. The van der Waals surface area contributed by atoms with Crippen molar-refractivity contribution in [3.8, 4) is 0 Å². The first kappa shape index (κ1) is 6.08. The van der Waals surface area contributed by atoms with Crippen molar-refractivity contribution in [1.29, 1.82) is 0 Å². The van der Waals surface area contributed by atoms with Gasteiger partial charge in [-0.25, -0.2) is 0 Å². The SMILES string of the molecule is N/N=C1/CCc2nnnn2N1. The van der Waals surface area contributed by atoms with Crippen LogP contribution in [0.5, 0.6) is 0 Å². The maximum atomic E-state index is 5.07. The number of nitrogens with one attached hydrogen (secondary N) is 1. The summed E-state index contributed by atoms with van der Waals surface area (Å²) in [5.74, 6) is 6.57. The van der Waals surface area contributed by atoms with Gasteiger partial charge in [0.05, 0.1) is 0 Å². The maximum absolute atomic E-state index is 5.07. The number of amidine groups is 1. The summed E-state index contributed by atoms with van der Waals surface area (Å²) in [6.45, 7) is 0. The summed E-state index contributed by atoms with van der Waals surface area (Å²) in [7, 11) is 0. The number of aromatic nitrogens is 4. The number of hydrogen-bond acceptors (Lipinski definition) is 5. The van der Waals surface area contributed by atoms with Crippen molar-refractivity contribution in [1.82, 2.24) is 20.3 Å². The number of tetrazole rings is 1. The molecular weight excluding hydrogens is 146 g/mol. The van der Waals surface area contributed by atoms with Crippen LogP contribution in [0.25, 0.3) is 0 Å². The first-order valence-electron chi connectivity index (χ1n) is 3.21. The molecule has 0 bridgehead atoms. The van der Waals surface area contributed by atoms with Crippen LogP contribution in [-0.4, -0.2) is 26.2 Å². The third-order valence-electron chi connectivity index (χ3n) is 1.51. The fraction of sp³-hybridized carbons (Fsp3) is 0.500. The Morgan fingerprint density at radius 2 is 2.45 bits per heavy atom. The van der Waals surface area contributed by atoms with E-state index in [0.29, 0.717) is 5.84 Å². The van der Waals surface area contributed by atoms with Crippen LogP contribution >= 0.6 is 0 Å². The molecule has 0 unspecified atom stereocenters. The number of nitrogens with zero attached hydrogens (tertiary/aromatic N) is 5. The van der Waals surface area contributed by atoms with E-state index in [1.54, 1.807) is 0 Å². The van der Waals surface area contributed by atoms with E-state index < -0.39 is 0 Å². The van der Waals surface area contributed by atoms with Crippen LogP contribution in [0.3, 0.4) is 0 Å². The molecule has 7 heteroatoms. The Bertz CT molecular complexity index is 286. The third kappa shape index (κ3) is 0.896. The zero-order valence-electron chi connectivity index (χ0n) is 5.73. The summed E-state index contributed by atoms with van der Waals surface area (Å²) in [5.41, 5.74) is 2.83. The van der Waals surface area contributed by atoms with Crippen molar-refractivity contribution >= 4 is 5.84 Å². The van der Waals surface area contributed by atoms with Crippen LogP contribution in [0.4, 0.5) is 0 Å². The lowest BCUT2D eigenvalue weighted by atomic mass is 10.2. The molecule has 1 aromatic heterocycles. The quantitative estimate of drug-likeness (QED) is 0.347. The highest BCUT2D eigenvalue weighted by molar-refractivity contribution is 5.89. The Hall–Kier alpha value is -1.66. The van der Waals surface area contributed by atoms with E-state index in [1.807, 2.05) is 0 Å². The molecule has 0 saturated carbocycles. The molecule has 0 amide bonds. The molecule has 0 aromatic carbocycles. The van der Waals surface area contributed by atoms with E-state index in [0.717, 1.165) is 18.7 Å². The lowest BCUT2D eigenvalue weighted by molar-refractivity contribution is 0.682. The second-order valence-electron chi connectivity index (χ2n) is 2.19. The monoisotopic (exact) mass is 153 g/mol. The van der Waals surface area contributed by atoms with Crippen molar-refractivity contribution in [2.75, 3.05) is 5.43 Å². The Morgan fingerprint density at radius 1 is 1.55 bits per heavy atom. The first-order chi connectivity index (χ1) is 5.40. The lowest BCUT2D eigenvalue weighted by Crippen LogP contribution is -2.32. The van der Waals surface area contributed by atoms with Gasteiger partial charge < -0.3 is 5.84 Å². The molecular formula is C4H7N7. The Balaban J connectivity index is 2.31. The molecule has 0 atom stereocenters. The zero-order valence-corrected chi connectivity index (χ0v) is 5.73. The number of hydrazone groups is 1. The fourth-order valence-electron chi connectivity index (χ4n) is 0.950. The van der Waals surface area contributed by atoms with Crippen molar-refractivity contribution in [2.24, 2.45) is 10.9 Å². The molecule has 0 aliphatic carbocycles. The molecule has 0 spiro atoms. The number of nitrogens with two attached hydrogens (primary N) is 1. The van der Waals surface area contributed by atoms with Gasteiger partial charge in [-0.3, -0.25) is 5.43 Å². The number of fused-ring (bicyclic) bond motifs is 1. The highest BCUT2D eigenvalue weighted by atomic mass is 15.7. The van der Waals surface area contributed by atoms with Gasteiger partial charge in [0.15, 0.2) is 5.82 Å². The summed E-state index contributed by atoms with van der Waals surface area (Å²) in [6.07, 6.45) is 1.53. The van der Waals surface area contributed by atoms with E-state index in [9.17, 15) is 0 Å². The van der Waals surface area contributed by atoms with Gasteiger partial charge in [-0.1, -0.05) is 0 Å². The van der Waals surface area contributed by atoms with E-state index in [2.05, 4.69) is 26.1 Å². The van der Waals surface area contributed by atoms with Crippen LogP contribution in [0.15, 0.2) is 5.10 Å². The summed E-state index contributed by atoms with van der Waals surface area (Å²) in [5, 5.41) is 14.4. The molecule has 11 heavy (non-hydrogen) atoms. The highest BCUT2D eigenvalue weighted by Crippen LogP contribution is 2.02. The topological polar surface area (TPSA) is 94.0 Å². The van der Waals surface area contributed by atoms with Gasteiger partial charge in [-0.15, -0.1) is 9.89 Å². The predicted molar refractivity (Wildman–Crippen MR) is 37.1 cm³/mol. The van der Waals surface area contributed by atoms with Crippen molar-refractivity contribution in [3.05, 3.63) is 5.82 Å². The second kappa shape index (κ2) is 2.19. The first-order valence-corrected chi connectivity index (χ1v) is 3.21. The third-order valence-corrected chi connectivity index (χ3v) is 1.51. The van der Waals surface area contributed by atoms with Gasteiger partial charge in [-0.2, -0.15) is 5.10 Å². The average molecular weight is 153 g/mol. The van der Waals surface area contributed by atoms with Crippen LogP contribution < -0.4 is 11.3 Å². The van der Waals surface area contributed by atoms with Gasteiger partial charge in [-0.05, 0) is 10.4 Å². The number of aryl methyl sites for hydroxylation is 1.